The van der Waals surface area contributed by atoms with Gasteiger partial charge in [0.05, 0.1) is 5.75 Å². The zero-order chi connectivity index (χ0) is 16.5. The highest BCUT2D eigenvalue weighted by Gasteiger charge is 2.12. The van der Waals surface area contributed by atoms with Crippen molar-refractivity contribution in [2.45, 2.75) is 71.1 Å². The Labute approximate surface area is 136 Å². The van der Waals surface area contributed by atoms with Crippen molar-refractivity contribution >= 4 is 17.7 Å². The van der Waals surface area contributed by atoms with Gasteiger partial charge in [-0.2, -0.15) is 0 Å². The van der Waals surface area contributed by atoms with Crippen LogP contribution in [0.25, 0.3) is 0 Å². The van der Waals surface area contributed by atoms with Crippen LogP contribution in [0, 0.1) is 5.92 Å². The molecule has 0 saturated heterocycles. The molecule has 0 fully saturated rings. The van der Waals surface area contributed by atoms with Crippen molar-refractivity contribution in [3.05, 3.63) is 10.5 Å². The molecule has 0 aromatic carbocycles. The van der Waals surface area contributed by atoms with Gasteiger partial charge >= 0.3 is 5.69 Å². The molecule has 1 rings (SSSR count). The predicted octanol–water partition coefficient (Wildman–Crippen LogP) is 2.40. The van der Waals surface area contributed by atoms with Crippen LogP contribution >= 0.6 is 11.8 Å². The van der Waals surface area contributed by atoms with E-state index in [0.717, 1.165) is 19.3 Å². The quantitative estimate of drug-likeness (QED) is 0.646. The van der Waals surface area contributed by atoms with Crippen LogP contribution in [0.4, 0.5) is 0 Å². The van der Waals surface area contributed by atoms with Crippen LogP contribution in [0.2, 0.25) is 0 Å². The van der Waals surface area contributed by atoms with Gasteiger partial charge in [0.15, 0.2) is 5.16 Å². The molecule has 1 aromatic rings. The van der Waals surface area contributed by atoms with E-state index in [9.17, 15) is 9.59 Å². The lowest BCUT2D eigenvalue weighted by atomic mass is 10.0. The minimum atomic E-state index is -0.216. The van der Waals surface area contributed by atoms with Crippen LogP contribution in [0.5, 0.6) is 0 Å². The first kappa shape index (κ1) is 18.8. The summed E-state index contributed by atoms with van der Waals surface area (Å²) in [6.07, 6.45) is 4.16. The summed E-state index contributed by atoms with van der Waals surface area (Å²) in [5.74, 6) is 0.969. The van der Waals surface area contributed by atoms with Gasteiger partial charge in [-0.3, -0.25) is 9.36 Å². The Kier molecular flexibility index (Phi) is 8.30. The van der Waals surface area contributed by atoms with Crippen molar-refractivity contribution in [2.75, 3.05) is 5.75 Å². The van der Waals surface area contributed by atoms with Gasteiger partial charge in [-0.05, 0) is 25.7 Å². The number of H-pyrrole nitrogens is 1. The molecule has 0 bridgehead atoms. The fourth-order valence-corrected chi connectivity index (χ4v) is 2.97. The molecule has 0 radical (unpaired) electrons. The third-order valence-corrected chi connectivity index (χ3v) is 4.31. The third-order valence-electron chi connectivity index (χ3n) is 3.33. The minimum absolute atomic E-state index is 0.0134. The number of hydrogen-bond donors (Lipinski definition) is 2. The lowest BCUT2D eigenvalue weighted by Crippen LogP contribution is -2.34. The average Bonchev–Trinajstić information content (AvgIpc) is 2.78. The van der Waals surface area contributed by atoms with Gasteiger partial charge in [0.25, 0.3) is 0 Å². The number of carbonyl (C=O) groups is 1. The number of nitrogens with one attached hydrogen (secondary N) is 2. The molecule has 6 nitrogen and oxygen atoms in total. The highest BCUT2D eigenvalue weighted by molar-refractivity contribution is 7.99. The van der Waals surface area contributed by atoms with Gasteiger partial charge < -0.3 is 5.32 Å². The second kappa shape index (κ2) is 9.71. The maximum absolute atomic E-state index is 11.9. The summed E-state index contributed by atoms with van der Waals surface area (Å²) < 4.78 is 1.57. The summed E-state index contributed by atoms with van der Waals surface area (Å²) in [5.41, 5.74) is -0.216. The van der Waals surface area contributed by atoms with E-state index in [0.29, 0.717) is 17.6 Å². The predicted molar refractivity (Wildman–Crippen MR) is 90.2 cm³/mol. The van der Waals surface area contributed by atoms with E-state index in [-0.39, 0.29) is 23.4 Å². The number of carbonyl (C=O) groups excluding carboxylic acids is 1. The summed E-state index contributed by atoms with van der Waals surface area (Å²) in [5, 5.41) is 9.97. The van der Waals surface area contributed by atoms with E-state index in [4.69, 9.17) is 0 Å². The maximum atomic E-state index is 11.9. The van der Waals surface area contributed by atoms with Crippen LogP contribution in [0.3, 0.4) is 0 Å². The van der Waals surface area contributed by atoms with Crippen LogP contribution in [-0.4, -0.2) is 32.5 Å². The van der Waals surface area contributed by atoms with E-state index in [2.05, 4.69) is 29.4 Å². The Balaban J connectivity index is 2.35. The van der Waals surface area contributed by atoms with E-state index >= 15 is 0 Å². The summed E-state index contributed by atoms with van der Waals surface area (Å²) in [6, 6.07) is 0.184. The molecule has 0 aliphatic carbocycles. The van der Waals surface area contributed by atoms with Crippen LogP contribution in [0.15, 0.2) is 9.95 Å². The molecule has 0 unspecified atom stereocenters. The first-order valence-corrected chi connectivity index (χ1v) is 9.00. The summed E-state index contributed by atoms with van der Waals surface area (Å²) in [4.78, 5) is 23.5. The summed E-state index contributed by atoms with van der Waals surface area (Å²) >= 11 is 1.30. The van der Waals surface area contributed by atoms with Crippen LogP contribution in [-0.2, 0) is 11.3 Å². The van der Waals surface area contributed by atoms with Gasteiger partial charge in [0.1, 0.15) is 0 Å². The van der Waals surface area contributed by atoms with Crippen molar-refractivity contribution in [3.8, 4) is 0 Å². The standard InChI is InChI=1S/C15H28N4O2S/c1-5-9-19-14(21)17-18-15(19)22-10-13(20)16-12(4)8-6-7-11(2)3/h11-12H,5-10H2,1-4H3,(H,16,20)(H,17,21)/t12-/m0/s1. The molecule has 0 spiro atoms. The number of aromatic nitrogens is 3. The summed E-state index contributed by atoms with van der Waals surface area (Å²) in [6.45, 7) is 9.06. The number of rotatable bonds is 10. The molecule has 1 heterocycles. The number of nitrogens with zero attached hydrogens (tertiary/aromatic N) is 2. The molecule has 1 amide bonds. The van der Waals surface area contributed by atoms with Crippen molar-refractivity contribution in [2.24, 2.45) is 5.92 Å². The minimum Gasteiger partial charge on any atom is -0.353 e. The van der Waals surface area contributed by atoms with Crippen LogP contribution < -0.4 is 11.0 Å². The molecule has 1 atom stereocenters. The first-order chi connectivity index (χ1) is 10.4. The van der Waals surface area contributed by atoms with Gasteiger partial charge in [0, 0.05) is 12.6 Å². The molecule has 2 N–H and O–H groups in total. The Morgan fingerprint density at radius 3 is 2.73 bits per heavy atom. The topological polar surface area (TPSA) is 79.8 Å². The Hall–Kier alpha value is -1.24. The fourth-order valence-electron chi connectivity index (χ4n) is 2.19. The third kappa shape index (κ3) is 6.68. The molecular formula is C15H28N4O2S. The molecule has 7 heteroatoms. The van der Waals surface area contributed by atoms with Gasteiger partial charge in [-0.15, -0.1) is 5.10 Å². The number of hydrogen-bond acceptors (Lipinski definition) is 4. The monoisotopic (exact) mass is 328 g/mol. The second-order valence-electron chi connectivity index (χ2n) is 6.04. The fraction of sp³-hybridized carbons (Fsp3) is 0.800. The molecule has 0 aliphatic heterocycles. The van der Waals surface area contributed by atoms with Gasteiger partial charge in [0.2, 0.25) is 5.91 Å². The SMILES string of the molecule is CCCn1c(SCC(=O)N[C@@H](C)CCCC(C)C)n[nH]c1=O. The molecule has 126 valence electrons. The van der Waals surface area contributed by atoms with Gasteiger partial charge in [-0.25, -0.2) is 9.89 Å². The molecule has 1 aromatic heterocycles. The number of thioether (sulfide) groups is 1. The highest BCUT2D eigenvalue weighted by atomic mass is 32.2. The molecule has 0 saturated carbocycles. The zero-order valence-electron chi connectivity index (χ0n) is 14.0. The lowest BCUT2D eigenvalue weighted by Gasteiger charge is -2.14. The van der Waals surface area contributed by atoms with Crippen molar-refractivity contribution < 1.29 is 4.79 Å². The zero-order valence-corrected chi connectivity index (χ0v) is 14.8. The molecule has 22 heavy (non-hydrogen) atoms. The Morgan fingerprint density at radius 2 is 2.09 bits per heavy atom. The maximum Gasteiger partial charge on any atom is 0.343 e. The van der Waals surface area contributed by atoms with Crippen molar-refractivity contribution in [1.29, 1.82) is 0 Å². The number of aromatic amines is 1. The van der Waals surface area contributed by atoms with Crippen LogP contribution in [0.1, 0.15) is 53.4 Å². The van der Waals surface area contributed by atoms with E-state index in [1.165, 1.54) is 18.2 Å². The molecule has 0 aliphatic rings. The van der Waals surface area contributed by atoms with E-state index < -0.39 is 0 Å². The van der Waals surface area contributed by atoms with Crippen molar-refractivity contribution in [3.63, 3.8) is 0 Å². The Morgan fingerprint density at radius 1 is 1.36 bits per heavy atom. The Bertz CT molecular complexity index is 510. The normalized spacial score (nSPS) is 12.6. The first-order valence-electron chi connectivity index (χ1n) is 8.01. The number of amides is 1. The smallest absolute Gasteiger partial charge is 0.343 e. The lowest BCUT2D eigenvalue weighted by molar-refractivity contribution is -0.119. The average molecular weight is 328 g/mol. The molecular weight excluding hydrogens is 300 g/mol. The summed E-state index contributed by atoms with van der Waals surface area (Å²) in [7, 11) is 0. The largest absolute Gasteiger partial charge is 0.353 e. The van der Waals surface area contributed by atoms with E-state index in [1.54, 1.807) is 4.57 Å². The van der Waals surface area contributed by atoms with Crippen molar-refractivity contribution in [1.82, 2.24) is 20.1 Å². The second-order valence-corrected chi connectivity index (χ2v) is 6.99. The van der Waals surface area contributed by atoms with Gasteiger partial charge in [-0.1, -0.05) is 45.4 Å². The van der Waals surface area contributed by atoms with E-state index in [1.807, 2.05) is 13.8 Å². The highest BCUT2D eigenvalue weighted by Crippen LogP contribution is 2.13.